The summed E-state index contributed by atoms with van der Waals surface area (Å²) in [6.45, 7) is 10.2. The summed E-state index contributed by atoms with van der Waals surface area (Å²) in [6.07, 6.45) is -0.290. The second-order valence-corrected chi connectivity index (χ2v) is 10.2. The third-order valence-corrected chi connectivity index (χ3v) is 6.00. The molecule has 198 valence electrons. The zero-order chi connectivity index (χ0) is 27.2. The van der Waals surface area contributed by atoms with Crippen LogP contribution in [0.2, 0.25) is 0 Å². The maximum absolute atomic E-state index is 14.3. The van der Waals surface area contributed by atoms with Crippen LogP contribution in [0.5, 0.6) is 0 Å². The Balaban J connectivity index is 1.76. The van der Waals surface area contributed by atoms with E-state index < -0.39 is 17.5 Å². The van der Waals surface area contributed by atoms with E-state index in [4.69, 9.17) is 0 Å². The quantitative estimate of drug-likeness (QED) is 0.264. The van der Waals surface area contributed by atoms with Crippen molar-refractivity contribution in [2.24, 2.45) is 11.8 Å². The van der Waals surface area contributed by atoms with Crippen LogP contribution >= 0.6 is 0 Å². The number of benzene rings is 3. The third-order valence-electron chi connectivity index (χ3n) is 6.00. The summed E-state index contributed by atoms with van der Waals surface area (Å²) in [5.41, 5.74) is 4.00. The van der Waals surface area contributed by atoms with E-state index in [0.717, 1.165) is 41.5 Å². The van der Waals surface area contributed by atoms with Crippen molar-refractivity contribution in [2.45, 2.75) is 34.1 Å². The molecule has 4 rings (SSSR count). The van der Waals surface area contributed by atoms with E-state index in [1.54, 1.807) is 0 Å². The minimum atomic E-state index is -1.01. The summed E-state index contributed by atoms with van der Waals surface area (Å²) < 4.78 is 28.0. The minimum Gasteiger partial charge on any atom is -0.369 e. The molecular formula is C29H32F2N6O. The maximum Gasteiger partial charge on any atom is 0.228 e. The standard InChI is InChI=1S/C29H32F2N6O/c1-18(2)16-37(17-19(3)4)26-13-12-20(22-9-5-6-10-23(22)29-33-35-36-34-29)14-25(26)32-27(38)15-21-8-7-11-24(30)28(21)31/h5-14,18-19H,15-17H2,1-4H3,(H,32,38)(H,33,34,35,36). The van der Waals surface area contributed by atoms with E-state index in [9.17, 15) is 13.6 Å². The van der Waals surface area contributed by atoms with E-state index in [1.165, 1.54) is 12.1 Å². The molecule has 38 heavy (non-hydrogen) atoms. The van der Waals surface area contributed by atoms with Crippen LogP contribution in [-0.4, -0.2) is 39.6 Å². The fourth-order valence-corrected chi connectivity index (χ4v) is 4.50. The van der Waals surface area contributed by atoms with Crippen LogP contribution in [0.15, 0.2) is 60.7 Å². The van der Waals surface area contributed by atoms with Gasteiger partial charge in [-0.1, -0.05) is 70.2 Å². The Labute approximate surface area is 221 Å². The Morgan fingerprint density at radius 2 is 1.66 bits per heavy atom. The average Bonchev–Trinajstić information content (AvgIpc) is 3.41. The molecule has 9 heteroatoms. The Morgan fingerprint density at radius 1 is 0.947 bits per heavy atom. The smallest absolute Gasteiger partial charge is 0.228 e. The lowest BCUT2D eigenvalue weighted by Crippen LogP contribution is -2.32. The van der Waals surface area contributed by atoms with Crippen molar-refractivity contribution in [3.63, 3.8) is 0 Å². The molecule has 0 atom stereocenters. The number of anilines is 2. The zero-order valence-corrected chi connectivity index (χ0v) is 22.0. The van der Waals surface area contributed by atoms with Crippen molar-refractivity contribution in [1.82, 2.24) is 20.6 Å². The van der Waals surface area contributed by atoms with Gasteiger partial charge in [0.15, 0.2) is 17.5 Å². The fraction of sp³-hybridized carbons (Fsp3) is 0.310. The number of hydrogen-bond donors (Lipinski definition) is 2. The summed E-state index contributed by atoms with van der Waals surface area (Å²) >= 11 is 0. The molecule has 0 aliphatic carbocycles. The number of nitrogens with zero attached hydrogens (tertiary/aromatic N) is 4. The number of carbonyl (C=O) groups excluding carboxylic acids is 1. The van der Waals surface area contributed by atoms with Gasteiger partial charge < -0.3 is 10.2 Å². The van der Waals surface area contributed by atoms with Crippen LogP contribution in [0.3, 0.4) is 0 Å². The summed E-state index contributed by atoms with van der Waals surface area (Å²) in [5, 5.41) is 17.2. The van der Waals surface area contributed by atoms with Crippen LogP contribution in [0.4, 0.5) is 20.2 Å². The van der Waals surface area contributed by atoms with Crippen LogP contribution in [0, 0.1) is 23.5 Å². The van der Waals surface area contributed by atoms with Crippen molar-refractivity contribution in [2.75, 3.05) is 23.3 Å². The van der Waals surface area contributed by atoms with E-state index >= 15 is 0 Å². The number of aromatic amines is 1. The number of aromatic nitrogens is 4. The Morgan fingerprint density at radius 3 is 2.32 bits per heavy atom. The first-order valence-corrected chi connectivity index (χ1v) is 12.7. The number of halogens is 2. The largest absolute Gasteiger partial charge is 0.369 e. The number of amides is 1. The molecule has 0 fully saturated rings. The van der Waals surface area contributed by atoms with Gasteiger partial charge in [-0.2, -0.15) is 0 Å². The molecule has 4 aromatic rings. The van der Waals surface area contributed by atoms with Gasteiger partial charge in [-0.3, -0.25) is 4.79 Å². The molecular weight excluding hydrogens is 486 g/mol. The van der Waals surface area contributed by atoms with E-state index in [0.29, 0.717) is 23.3 Å². The Kier molecular flexibility index (Phi) is 8.45. The highest BCUT2D eigenvalue weighted by atomic mass is 19.2. The summed E-state index contributed by atoms with van der Waals surface area (Å²) in [6, 6.07) is 17.5. The molecule has 0 aliphatic rings. The lowest BCUT2D eigenvalue weighted by Gasteiger charge is -2.31. The van der Waals surface area contributed by atoms with Gasteiger partial charge in [-0.25, -0.2) is 13.9 Å². The second-order valence-electron chi connectivity index (χ2n) is 10.2. The van der Waals surface area contributed by atoms with Gasteiger partial charge >= 0.3 is 0 Å². The van der Waals surface area contributed by atoms with E-state index in [2.05, 4.69) is 58.5 Å². The topological polar surface area (TPSA) is 86.8 Å². The van der Waals surface area contributed by atoms with Gasteiger partial charge in [0, 0.05) is 24.2 Å². The van der Waals surface area contributed by atoms with Crippen LogP contribution in [0.25, 0.3) is 22.5 Å². The number of rotatable bonds is 10. The average molecular weight is 519 g/mol. The Hall–Kier alpha value is -4.14. The van der Waals surface area contributed by atoms with Crippen LogP contribution < -0.4 is 10.2 Å². The number of nitrogens with one attached hydrogen (secondary N) is 2. The van der Waals surface area contributed by atoms with E-state index in [1.807, 2.05) is 42.5 Å². The molecule has 3 aromatic carbocycles. The van der Waals surface area contributed by atoms with Gasteiger partial charge in [0.05, 0.1) is 17.8 Å². The lowest BCUT2D eigenvalue weighted by atomic mass is 9.97. The minimum absolute atomic E-state index is 0.00425. The molecule has 0 spiro atoms. The fourth-order valence-electron chi connectivity index (χ4n) is 4.50. The number of carbonyl (C=O) groups is 1. The van der Waals surface area contributed by atoms with Gasteiger partial charge in [0.1, 0.15) is 0 Å². The van der Waals surface area contributed by atoms with Crippen molar-refractivity contribution < 1.29 is 13.6 Å². The number of hydrogen-bond acceptors (Lipinski definition) is 5. The monoisotopic (exact) mass is 518 g/mol. The molecule has 0 saturated carbocycles. The van der Waals surface area contributed by atoms with E-state index in [-0.39, 0.29) is 12.0 Å². The normalized spacial score (nSPS) is 11.3. The first-order chi connectivity index (χ1) is 18.2. The van der Waals surface area contributed by atoms with Gasteiger partial charge in [-0.05, 0) is 51.6 Å². The zero-order valence-electron chi connectivity index (χ0n) is 22.0. The van der Waals surface area contributed by atoms with Crippen molar-refractivity contribution in [3.8, 4) is 22.5 Å². The molecule has 0 radical (unpaired) electrons. The molecule has 0 unspecified atom stereocenters. The molecule has 1 aromatic heterocycles. The van der Waals surface area contributed by atoms with Gasteiger partial charge in [0.2, 0.25) is 5.91 Å². The van der Waals surface area contributed by atoms with Crippen LogP contribution in [0.1, 0.15) is 33.3 Å². The molecule has 0 aliphatic heterocycles. The highest BCUT2D eigenvalue weighted by Crippen LogP contribution is 2.36. The molecule has 1 amide bonds. The summed E-state index contributed by atoms with van der Waals surface area (Å²) in [5.74, 6) is -1.12. The molecule has 2 N–H and O–H groups in total. The molecule has 0 saturated heterocycles. The third kappa shape index (κ3) is 6.40. The predicted molar refractivity (Wildman–Crippen MR) is 146 cm³/mol. The van der Waals surface area contributed by atoms with Crippen LogP contribution in [-0.2, 0) is 11.2 Å². The molecule has 0 bridgehead atoms. The second kappa shape index (κ2) is 11.9. The first kappa shape index (κ1) is 26.9. The van der Waals surface area contributed by atoms with Crippen molar-refractivity contribution >= 4 is 17.3 Å². The summed E-state index contributed by atoms with van der Waals surface area (Å²) in [7, 11) is 0. The Bertz CT molecular complexity index is 1380. The molecule has 7 nitrogen and oxygen atoms in total. The number of H-pyrrole nitrogens is 1. The molecule has 1 heterocycles. The maximum atomic E-state index is 14.3. The van der Waals surface area contributed by atoms with Crippen molar-refractivity contribution in [3.05, 3.63) is 77.9 Å². The predicted octanol–water partition coefficient (Wildman–Crippen LogP) is 6.11. The highest BCUT2D eigenvalue weighted by Gasteiger charge is 2.19. The number of tetrazole rings is 1. The van der Waals surface area contributed by atoms with Gasteiger partial charge in [-0.15, -0.1) is 5.10 Å². The van der Waals surface area contributed by atoms with Crippen molar-refractivity contribution in [1.29, 1.82) is 0 Å². The SMILES string of the molecule is CC(C)CN(CC(C)C)c1ccc(-c2ccccc2-c2nnn[nH]2)cc1NC(=O)Cc1cccc(F)c1F. The highest BCUT2D eigenvalue weighted by molar-refractivity contribution is 5.97. The summed E-state index contributed by atoms with van der Waals surface area (Å²) in [4.78, 5) is 15.4. The lowest BCUT2D eigenvalue weighted by molar-refractivity contribution is -0.115. The first-order valence-electron chi connectivity index (χ1n) is 12.7. The van der Waals surface area contributed by atoms with Gasteiger partial charge in [0.25, 0.3) is 0 Å².